The van der Waals surface area contributed by atoms with Gasteiger partial charge in [-0.1, -0.05) is 0 Å². The monoisotopic (exact) mass is 214 g/mol. The number of hydrogen-bond acceptors (Lipinski definition) is 5. The van der Waals surface area contributed by atoms with E-state index in [2.05, 4.69) is 4.98 Å². The Morgan fingerprint density at radius 1 is 1.57 bits per heavy atom. The number of thiazole rings is 1. The molecule has 0 atom stereocenters. The number of hydrogen-bond donors (Lipinski definition) is 3. The van der Waals surface area contributed by atoms with Crippen LogP contribution in [0.2, 0.25) is 0 Å². The summed E-state index contributed by atoms with van der Waals surface area (Å²) in [6, 6.07) is -0.886. The average molecular weight is 214 g/mol. The molecule has 0 saturated carbocycles. The molecule has 0 unspecified atom stereocenters. The fraction of sp³-hybridized carbons (Fsp3) is 0.286. The Labute approximate surface area is 84.3 Å². The fourth-order valence-corrected chi connectivity index (χ4v) is 1.62. The van der Waals surface area contributed by atoms with E-state index in [0.29, 0.717) is 13.0 Å². The van der Waals surface area contributed by atoms with E-state index in [-0.39, 0.29) is 5.69 Å². The molecule has 6 nitrogen and oxygen atoms in total. The lowest BCUT2D eigenvalue weighted by molar-refractivity contribution is 0.0962. The predicted molar refractivity (Wildman–Crippen MR) is 51.9 cm³/mol. The van der Waals surface area contributed by atoms with E-state index < -0.39 is 11.9 Å². The van der Waals surface area contributed by atoms with Crippen molar-refractivity contribution in [3.05, 3.63) is 16.1 Å². The van der Waals surface area contributed by atoms with Crippen molar-refractivity contribution in [1.82, 2.24) is 10.3 Å². The maximum atomic E-state index is 11.2. The van der Waals surface area contributed by atoms with Gasteiger partial charge >= 0.3 is 6.03 Å². The highest BCUT2D eigenvalue weighted by Gasteiger charge is 2.11. The van der Waals surface area contributed by atoms with Crippen molar-refractivity contribution in [3.8, 4) is 0 Å². The van der Waals surface area contributed by atoms with E-state index in [9.17, 15) is 9.59 Å². The molecule has 1 heterocycles. The summed E-state index contributed by atoms with van der Waals surface area (Å²) in [7, 11) is 0. The van der Waals surface area contributed by atoms with Crippen molar-refractivity contribution in [1.29, 1.82) is 0 Å². The number of amides is 3. The third-order valence-electron chi connectivity index (χ3n) is 1.38. The van der Waals surface area contributed by atoms with Crippen LogP contribution < -0.4 is 16.8 Å². The van der Waals surface area contributed by atoms with Crippen molar-refractivity contribution >= 4 is 23.3 Å². The summed E-state index contributed by atoms with van der Waals surface area (Å²) in [5.41, 5.74) is 10.3. The van der Waals surface area contributed by atoms with Gasteiger partial charge in [0.15, 0.2) is 0 Å². The predicted octanol–water partition coefficient (Wildman–Crippen LogP) is -0.547. The van der Waals surface area contributed by atoms with Crippen LogP contribution >= 0.6 is 11.3 Å². The second-order valence-electron chi connectivity index (χ2n) is 2.48. The molecule has 0 fully saturated rings. The Hall–Kier alpha value is -1.47. The third-order valence-corrected chi connectivity index (χ3v) is 2.29. The van der Waals surface area contributed by atoms with Gasteiger partial charge < -0.3 is 11.5 Å². The minimum atomic E-state index is -0.886. The molecule has 0 aromatic carbocycles. The van der Waals surface area contributed by atoms with E-state index in [1.165, 1.54) is 11.3 Å². The Morgan fingerprint density at radius 2 is 2.29 bits per heavy atom. The number of nitrogens with two attached hydrogens (primary N) is 2. The molecule has 14 heavy (non-hydrogen) atoms. The second kappa shape index (κ2) is 4.68. The highest BCUT2D eigenvalue weighted by molar-refractivity contribution is 7.09. The molecule has 5 N–H and O–H groups in total. The zero-order valence-corrected chi connectivity index (χ0v) is 8.13. The standard InChI is InChI=1S/C7H10N4O2S/c8-2-1-5-10-4(3-14-5)6(12)11-7(9)13/h3H,1-2,8H2,(H3,9,11,12,13). The first kappa shape index (κ1) is 10.6. The van der Waals surface area contributed by atoms with Crippen LogP contribution in [0.5, 0.6) is 0 Å². The van der Waals surface area contributed by atoms with E-state index in [4.69, 9.17) is 11.5 Å². The van der Waals surface area contributed by atoms with Crippen LogP contribution in [0.1, 0.15) is 15.5 Å². The van der Waals surface area contributed by atoms with E-state index in [1.54, 1.807) is 5.38 Å². The van der Waals surface area contributed by atoms with Crippen molar-refractivity contribution in [2.45, 2.75) is 6.42 Å². The summed E-state index contributed by atoms with van der Waals surface area (Å²) in [5.74, 6) is -0.586. The average Bonchev–Trinajstić information content (AvgIpc) is 2.52. The van der Waals surface area contributed by atoms with Crippen LogP contribution in [0.3, 0.4) is 0 Å². The van der Waals surface area contributed by atoms with Gasteiger partial charge in [-0.2, -0.15) is 0 Å². The first-order valence-corrected chi connectivity index (χ1v) is 4.76. The second-order valence-corrected chi connectivity index (χ2v) is 3.43. The van der Waals surface area contributed by atoms with Crippen molar-refractivity contribution in [2.24, 2.45) is 11.5 Å². The minimum absolute atomic E-state index is 0.192. The zero-order valence-electron chi connectivity index (χ0n) is 7.32. The number of carbonyl (C=O) groups is 2. The molecule has 1 aromatic heterocycles. The molecule has 76 valence electrons. The molecule has 0 aliphatic heterocycles. The van der Waals surface area contributed by atoms with Gasteiger partial charge in [0.05, 0.1) is 5.01 Å². The Bertz CT molecular complexity index is 349. The molecule has 3 amide bonds. The number of aromatic nitrogens is 1. The minimum Gasteiger partial charge on any atom is -0.351 e. The molecule has 0 bridgehead atoms. The number of imide groups is 1. The summed E-state index contributed by atoms with van der Waals surface area (Å²) in [6.45, 7) is 0.477. The Balaban J connectivity index is 2.66. The molecule has 7 heteroatoms. The quantitative estimate of drug-likeness (QED) is 0.627. The van der Waals surface area contributed by atoms with Gasteiger partial charge in [-0.05, 0) is 6.54 Å². The lowest BCUT2D eigenvalue weighted by Crippen LogP contribution is -2.35. The number of carbonyl (C=O) groups excluding carboxylic acids is 2. The zero-order chi connectivity index (χ0) is 10.6. The van der Waals surface area contributed by atoms with Crippen LogP contribution in [0.15, 0.2) is 5.38 Å². The van der Waals surface area contributed by atoms with Gasteiger partial charge in [0.1, 0.15) is 5.69 Å². The van der Waals surface area contributed by atoms with Gasteiger partial charge in [0, 0.05) is 11.8 Å². The van der Waals surface area contributed by atoms with Gasteiger partial charge in [0.2, 0.25) is 0 Å². The van der Waals surface area contributed by atoms with Gasteiger partial charge in [-0.15, -0.1) is 11.3 Å². The fourth-order valence-electron chi connectivity index (χ4n) is 0.829. The molecule has 0 aliphatic rings. The van der Waals surface area contributed by atoms with Crippen LogP contribution in [0, 0.1) is 0 Å². The number of nitrogens with one attached hydrogen (secondary N) is 1. The van der Waals surface area contributed by atoms with Crippen molar-refractivity contribution in [3.63, 3.8) is 0 Å². The first-order valence-electron chi connectivity index (χ1n) is 3.88. The van der Waals surface area contributed by atoms with Crippen molar-refractivity contribution in [2.75, 3.05) is 6.54 Å². The third kappa shape index (κ3) is 2.79. The summed E-state index contributed by atoms with van der Waals surface area (Å²) >= 11 is 1.33. The molecular weight excluding hydrogens is 204 g/mol. The number of nitrogens with zero attached hydrogens (tertiary/aromatic N) is 1. The van der Waals surface area contributed by atoms with E-state index in [0.717, 1.165) is 5.01 Å². The molecule has 0 aliphatic carbocycles. The molecule has 1 aromatic rings. The SMILES string of the molecule is NCCc1nc(C(=O)NC(N)=O)cs1. The molecular formula is C7H10N4O2S. The Morgan fingerprint density at radius 3 is 2.86 bits per heavy atom. The van der Waals surface area contributed by atoms with Crippen LogP contribution in [-0.4, -0.2) is 23.5 Å². The maximum absolute atomic E-state index is 11.2. The van der Waals surface area contributed by atoms with Crippen LogP contribution in [-0.2, 0) is 6.42 Å². The van der Waals surface area contributed by atoms with Crippen molar-refractivity contribution < 1.29 is 9.59 Å². The largest absolute Gasteiger partial charge is 0.351 e. The summed E-state index contributed by atoms with van der Waals surface area (Å²) < 4.78 is 0. The van der Waals surface area contributed by atoms with Gasteiger partial charge in [0.25, 0.3) is 5.91 Å². The Kier molecular flexibility index (Phi) is 3.55. The van der Waals surface area contributed by atoms with Gasteiger partial charge in [-0.25, -0.2) is 9.78 Å². The number of primary amides is 1. The van der Waals surface area contributed by atoms with Crippen LogP contribution in [0.4, 0.5) is 4.79 Å². The summed E-state index contributed by atoms with van der Waals surface area (Å²) in [4.78, 5) is 25.5. The number of urea groups is 1. The molecule has 0 saturated heterocycles. The van der Waals surface area contributed by atoms with Gasteiger partial charge in [-0.3, -0.25) is 10.1 Å². The lowest BCUT2D eigenvalue weighted by Gasteiger charge is -1.95. The number of rotatable bonds is 3. The van der Waals surface area contributed by atoms with E-state index >= 15 is 0 Å². The maximum Gasteiger partial charge on any atom is 0.319 e. The molecule has 0 radical (unpaired) electrons. The normalized spacial score (nSPS) is 9.79. The highest BCUT2D eigenvalue weighted by atomic mass is 32.1. The topological polar surface area (TPSA) is 111 Å². The summed E-state index contributed by atoms with van der Waals surface area (Å²) in [6.07, 6.45) is 0.620. The first-order chi connectivity index (χ1) is 6.63. The van der Waals surface area contributed by atoms with Crippen LogP contribution in [0.25, 0.3) is 0 Å². The van der Waals surface area contributed by atoms with E-state index in [1.807, 2.05) is 5.32 Å². The summed E-state index contributed by atoms with van der Waals surface area (Å²) in [5, 5.41) is 4.25. The smallest absolute Gasteiger partial charge is 0.319 e. The lowest BCUT2D eigenvalue weighted by atomic mass is 10.4. The highest BCUT2D eigenvalue weighted by Crippen LogP contribution is 2.09. The molecule has 1 rings (SSSR count). The molecule has 0 spiro atoms.